The molecule has 3 N–H and O–H groups in total. The number of likely N-dealkylation sites (tertiary alicyclic amines) is 1. The summed E-state index contributed by atoms with van der Waals surface area (Å²) < 4.78 is 15.8. The van der Waals surface area contributed by atoms with E-state index in [2.05, 4.69) is 26.5 Å². The molecular weight excluding hydrogens is 426 g/mol. The number of ether oxygens (including phenoxy) is 3. The van der Waals surface area contributed by atoms with E-state index in [1.54, 1.807) is 6.20 Å². The molecule has 0 saturated carbocycles. The lowest BCUT2D eigenvalue weighted by atomic mass is 9.87. The van der Waals surface area contributed by atoms with Gasteiger partial charge in [0.05, 0.1) is 12.8 Å². The number of unbranched alkanes of at least 4 members (excludes halogenated alkanes) is 1. The number of aliphatic hydroxyl groups is 2. The summed E-state index contributed by atoms with van der Waals surface area (Å²) in [7, 11) is 1.24. The van der Waals surface area contributed by atoms with Gasteiger partial charge < -0.3 is 34.3 Å². The van der Waals surface area contributed by atoms with E-state index in [1.165, 1.54) is 7.11 Å². The first-order valence-corrected chi connectivity index (χ1v) is 11.5. The molecule has 3 rings (SSSR count). The van der Waals surface area contributed by atoms with Gasteiger partial charge in [0.1, 0.15) is 18.3 Å². The molecule has 182 valence electrons. The number of aromatic nitrogens is 2. The van der Waals surface area contributed by atoms with Gasteiger partial charge in [-0.25, -0.2) is 4.79 Å². The molecule has 0 bridgehead atoms. The molecule has 0 radical (unpaired) electrons. The van der Waals surface area contributed by atoms with Crippen molar-refractivity contribution in [2.45, 2.75) is 57.7 Å². The molecule has 3 heterocycles. The second kappa shape index (κ2) is 11.5. The largest absolute Gasteiger partial charge is 0.514 e. The first-order chi connectivity index (χ1) is 15.9. The van der Waals surface area contributed by atoms with Gasteiger partial charge in [-0.2, -0.15) is 0 Å². The Balaban J connectivity index is 1.57. The molecule has 1 aliphatic rings. The minimum Gasteiger partial charge on any atom is -0.485 e. The standard InChI is InChI=1S/C24H35N3O6/c1-4-5-8-19-17(2)26-22(33-23(29)31-3)21(19)32-16-18(28)15-27-13-10-24(30,11-14-27)20-9-6-7-12-25-20/h6-7,9,12,18,26,28,30H,4-5,8,10-11,13-16H2,1-3H3. The third-order valence-electron chi connectivity index (χ3n) is 6.08. The summed E-state index contributed by atoms with van der Waals surface area (Å²) in [6, 6.07) is 5.56. The van der Waals surface area contributed by atoms with Crippen LogP contribution in [0.25, 0.3) is 0 Å². The Bertz CT molecular complexity index is 893. The van der Waals surface area contributed by atoms with Crippen molar-refractivity contribution >= 4 is 6.16 Å². The molecule has 0 spiro atoms. The van der Waals surface area contributed by atoms with Crippen LogP contribution in [0, 0.1) is 6.92 Å². The average molecular weight is 462 g/mol. The van der Waals surface area contributed by atoms with Gasteiger partial charge in [-0.3, -0.25) is 4.98 Å². The van der Waals surface area contributed by atoms with Crippen LogP contribution in [0.4, 0.5) is 4.79 Å². The number of nitrogens with one attached hydrogen (secondary N) is 1. The number of aromatic amines is 1. The number of rotatable bonds is 10. The zero-order valence-electron chi connectivity index (χ0n) is 19.7. The number of aliphatic hydroxyl groups excluding tert-OH is 1. The van der Waals surface area contributed by atoms with Crippen molar-refractivity contribution < 1.29 is 29.2 Å². The number of pyridine rings is 1. The number of methoxy groups -OCH3 is 1. The van der Waals surface area contributed by atoms with Crippen LogP contribution in [0.15, 0.2) is 24.4 Å². The molecule has 1 saturated heterocycles. The Hall–Kier alpha value is -2.62. The number of piperidine rings is 1. The molecule has 2 aromatic rings. The number of hydrogen-bond acceptors (Lipinski definition) is 8. The maximum atomic E-state index is 11.6. The van der Waals surface area contributed by atoms with E-state index in [9.17, 15) is 15.0 Å². The number of nitrogens with zero attached hydrogens (tertiary/aromatic N) is 2. The zero-order valence-corrected chi connectivity index (χ0v) is 19.7. The summed E-state index contributed by atoms with van der Waals surface area (Å²) in [4.78, 5) is 21.1. The van der Waals surface area contributed by atoms with Crippen LogP contribution < -0.4 is 9.47 Å². The highest BCUT2D eigenvalue weighted by molar-refractivity contribution is 5.65. The fraction of sp³-hybridized carbons (Fsp3) is 0.583. The first kappa shape index (κ1) is 25.0. The minimum absolute atomic E-state index is 0.0506. The van der Waals surface area contributed by atoms with Crippen LogP contribution >= 0.6 is 0 Å². The van der Waals surface area contributed by atoms with E-state index in [4.69, 9.17) is 9.47 Å². The maximum Gasteiger partial charge on any atom is 0.514 e. The fourth-order valence-corrected chi connectivity index (χ4v) is 4.14. The quantitative estimate of drug-likeness (QED) is 0.463. The summed E-state index contributed by atoms with van der Waals surface area (Å²) in [5.41, 5.74) is 1.54. The summed E-state index contributed by atoms with van der Waals surface area (Å²) in [6.45, 7) is 5.76. The first-order valence-electron chi connectivity index (χ1n) is 11.5. The van der Waals surface area contributed by atoms with Crippen molar-refractivity contribution in [2.75, 3.05) is 33.4 Å². The molecule has 1 aliphatic heterocycles. The summed E-state index contributed by atoms with van der Waals surface area (Å²) in [6.07, 6.45) is 3.95. The van der Waals surface area contributed by atoms with Crippen molar-refractivity contribution in [3.8, 4) is 11.6 Å². The Labute approximate surface area is 194 Å². The van der Waals surface area contributed by atoms with Crippen molar-refractivity contribution in [3.05, 3.63) is 41.3 Å². The maximum absolute atomic E-state index is 11.6. The summed E-state index contributed by atoms with van der Waals surface area (Å²) >= 11 is 0. The Kier molecular flexibility index (Phi) is 8.71. The SMILES string of the molecule is CCCCc1c(C)[nH]c(OC(=O)OC)c1OCC(O)CN1CCC(O)(c2ccccn2)CC1. The third-order valence-corrected chi connectivity index (χ3v) is 6.08. The molecule has 0 aliphatic carbocycles. The zero-order chi connectivity index (χ0) is 23.8. The predicted molar refractivity (Wildman–Crippen MR) is 122 cm³/mol. The molecule has 0 aromatic carbocycles. The Morgan fingerprint density at radius 1 is 1.33 bits per heavy atom. The monoisotopic (exact) mass is 461 g/mol. The minimum atomic E-state index is -0.934. The number of H-pyrrole nitrogens is 1. The molecular formula is C24H35N3O6. The van der Waals surface area contributed by atoms with Gasteiger partial charge >= 0.3 is 6.16 Å². The Morgan fingerprint density at radius 3 is 2.73 bits per heavy atom. The average Bonchev–Trinajstić information content (AvgIpc) is 3.11. The van der Waals surface area contributed by atoms with Crippen LogP contribution in [-0.4, -0.2) is 70.7 Å². The van der Waals surface area contributed by atoms with Gasteiger partial charge in [0.25, 0.3) is 0 Å². The molecule has 0 amide bonds. The number of β-amino-alcohol motifs (C(OH)–C–C–N with tert-alkyl or cyclic N) is 1. The van der Waals surface area contributed by atoms with E-state index >= 15 is 0 Å². The van der Waals surface area contributed by atoms with Gasteiger partial charge in [0.2, 0.25) is 5.88 Å². The number of hydrogen-bond donors (Lipinski definition) is 3. The highest BCUT2D eigenvalue weighted by Crippen LogP contribution is 2.35. The summed E-state index contributed by atoms with van der Waals surface area (Å²) in [5, 5.41) is 21.6. The van der Waals surface area contributed by atoms with Crippen LogP contribution in [0.1, 0.15) is 49.6 Å². The van der Waals surface area contributed by atoms with Crippen LogP contribution in [0.3, 0.4) is 0 Å². The predicted octanol–water partition coefficient (Wildman–Crippen LogP) is 2.93. The van der Waals surface area contributed by atoms with E-state index in [1.807, 2.05) is 25.1 Å². The van der Waals surface area contributed by atoms with E-state index in [0.717, 1.165) is 30.5 Å². The molecule has 33 heavy (non-hydrogen) atoms. The van der Waals surface area contributed by atoms with Gasteiger partial charge in [-0.05, 0) is 44.7 Å². The Morgan fingerprint density at radius 2 is 2.09 bits per heavy atom. The van der Waals surface area contributed by atoms with Crippen molar-refractivity contribution in [3.63, 3.8) is 0 Å². The third kappa shape index (κ3) is 6.46. The van der Waals surface area contributed by atoms with Crippen LogP contribution in [0.5, 0.6) is 11.6 Å². The van der Waals surface area contributed by atoms with E-state index in [0.29, 0.717) is 43.9 Å². The lowest BCUT2D eigenvalue weighted by molar-refractivity contribution is -0.0402. The normalized spacial score (nSPS) is 16.9. The van der Waals surface area contributed by atoms with Gasteiger partial charge in [-0.15, -0.1) is 0 Å². The number of carbonyl (C=O) groups is 1. The van der Waals surface area contributed by atoms with Crippen molar-refractivity contribution in [1.29, 1.82) is 0 Å². The van der Waals surface area contributed by atoms with Crippen LogP contribution in [-0.2, 0) is 16.8 Å². The molecule has 9 nitrogen and oxygen atoms in total. The number of carbonyl (C=O) groups excluding carboxylic acids is 1. The topological polar surface area (TPSA) is 117 Å². The molecule has 9 heteroatoms. The highest BCUT2D eigenvalue weighted by atomic mass is 16.7. The van der Waals surface area contributed by atoms with Gasteiger partial charge in [0, 0.05) is 37.1 Å². The molecule has 2 aromatic heterocycles. The molecule has 1 fully saturated rings. The smallest absolute Gasteiger partial charge is 0.485 e. The van der Waals surface area contributed by atoms with E-state index in [-0.39, 0.29) is 12.5 Å². The molecule has 1 atom stereocenters. The van der Waals surface area contributed by atoms with Gasteiger partial charge in [0.15, 0.2) is 5.75 Å². The second-order valence-corrected chi connectivity index (χ2v) is 8.56. The lowest BCUT2D eigenvalue weighted by Gasteiger charge is -2.38. The fourth-order valence-electron chi connectivity index (χ4n) is 4.14. The van der Waals surface area contributed by atoms with Gasteiger partial charge in [-0.1, -0.05) is 19.4 Å². The van der Waals surface area contributed by atoms with Crippen molar-refractivity contribution in [2.24, 2.45) is 0 Å². The van der Waals surface area contributed by atoms with E-state index < -0.39 is 17.9 Å². The highest BCUT2D eigenvalue weighted by Gasteiger charge is 2.35. The summed E-state index contributed by atoms with van der Waals surface area (Å²) in [5.74, 6) is 0.629. The molecule has 1 unspecified atom stereocenters. The van der Waals surface area contributed by atoms with Crippen molar-refractivity contribution in [1.82, 2.24) is 14.9 Å². The second-order valence-electron chi connectivity index (χ2n) is 8.56. The lowest BCUT2D eigenvalue weighted by Crippen LogP contribution is -2.46. The van der Waals surface area contributed by atoms with Crippen LogP contribution in [0.2, 0.25) is 0 Å². The number of aryl methyl sites for hydroxylation is 1.